The molecule has 5 nitrogen and oxygen atoms in total. The van der Waals surface area contributed by atoms with E-state index in [1.54, 1.807) is 20.1 Å². The molecular formula is C27H36O5. The van der Waals surface area contributed by atoms with Crippen molar-refractivity contribution in [2.75, 3.05) is 13.7 Å². The first kappa shape index (κ1) is 24.5. The van der Waals surface area contributed by atoms with E-state index in [0.717, 1.165) is 24.2 Å². The number of hydrogen-bond acceptors (Lipinski definition) is 5. The first-order valence-corrected chi connectivity index (χ1v) is 11.4. The summed E-state index contributed by atoms with van der Waals surface area (Å²) < 4.78 is 23.5. The summed E-state index contributed by atoms with van der Waals surface area (Å²) >= 11 is 0. The minimum Gasteiger partial charge on any atom is -0.497 e. The van der Waals surface area contributed by atoms with E-state index in [-0.39, 0.29) is 18.3 Å². The topological polar surface area (TPSA) is 57.2 Å². The van der Waals surface area contributed by atoms with Crippen molar-refractivity contribution < 1.29 is 24.1 Å². The molecule has 0 aliphatic carbocycles. The summed E-state index contributed by atoms with van der Waals surface area (Å²) in [7, 11) is 1.65. The van der Waals surface area contributed by atoms with E-state index in [1.807, 2.05) is 42.5 Å². The Hall–Kier alpha value is -2.18. The second kappa shape index (κ2) is 12.2. The second-order valence-corrected chi connectivity index (χ2v) is 8.56. The van der Waals surface area contributed by atoms with Crippen LogP contribution < -0.4 is 4.74 Å². The summed E-state index contributed by atoms with van der Waals surface area (Å²) in [5, 5.41) is 11.2. The summed E-state index contributed by atoms with van der Waals surface area (Å²) in [6.07, 6.45) is 4.13. The quantitative estimate of drug-likeness (QED) is 0.369. The van der Waals surface area contributed by atoms with Crippen LogP contribution in [0.15, 0.2) is 67.3 Å². The Balaban J connectivity index is 1.51. The number of hydrogen-bond donors (Lipinski definition) is 1. The SMILES string of the molecule is C=CC[C@H]1O[C@@H](CCCOCc2ccccc2)C[C@@H](OCc2ccc(OC)cc2)[C@]1(C)O. The van der Waals surface area contributed by atoms with Crippen molar-refractivity contribution in [1.82, 2.24) is 0 Å². The van der Waals surface area contributed by atoms with Crippen molar-refractivity contribution in [2.45, 2.75) is 69.7 Å². The lowest BCUT2D eigenvalue weighted by Gasteiger charge is -2.46. The zero-order valence-electron chi connectivity index (χ0n) is 19.2. The van der Waals surface area contributed by atoms with E-state index < -0.39 is 5.60 Å². The van der Waals surface area contributed by atoms with Gasteiger partial charge in [-0.3, -0.25) is 0 Å². The van der Waals surface area contributed by atoms with Crippen LogP contribution >= 0.6 is 0 Å². The molecule has 32 heavy (non-hydrogen) atoms. The van der Waals surface area contributed by atoms with E-state index >= 15 is 0 Å². The average molecular weight is 441 g/mol. The van der Waals surface area contributed by atoms with Gasteiger partial charge in [0.2, 0.25) is 0 Å². The summed E-state index contributed by atoms with van der Waals surface area (Å²) in [5.41, 5.74) is 1.13. The molecule has 0 radical (unpaired) electrons. The Kier molecular flexibility index (Phi) is 9.30. The molecule has 0 bridgehead atoms. The number of aliphatic hydroxyl groups is 1. The Bertz CT molecular complexity index is 803. The van der Waals surface area contributed by atoms with Crippen molar-refractivity contribution in [1.29, 1.82) is 0 Å². The molecule has 2 aromatic carbocycles. The Morgan fingerprint density at radius 2 is 1.81 bits per heavy atom. The minimum atomic E-state index is -1.08. The summed E-state index contributed by atoms with van der Waals surface area (Å²) in [6.45, 7) is 7.36. The van der Waals surface area contributed by atoms with Gasteiger partial charge in [-0.15, -0.1) is 6.58 Å². The normalized spacial score (nSPS) is 25.4. The van der Waals surface area contributed by atoms with E-state index in [2.05, 4.69) is 18.7 Å². The molecule has 1 heterocycles. The Morgan fingerprint density at radius 3 is 2.50 bits per heavy atom. The molecule has 1 aliphatic heterocycles. The molecule has 0 saturated carbocycles. The van der Waals surface area contributed by atoms with Crippen LogP contribution in [0.2, 0.25) is 0 Å². The van der Waals surface area contributed by atoms with Gasteiger partial charge >= 0.3 is 0 Å². The molecule has 1 saturated heterocycles. The fourth-order valence-electron chi connectivity index (χ4n) is 4.07. The second-order valence-electron chi connectivity index (χ2n) is 8.56. The van der Waals surface area contributed by atoms with Gasteiger partial charge in [0, 0.05) is 13.0 Å². The fraction of sp³-hybridized carbons (Fsp3) is 0.481. The van der Waals surface area contributed by atoms with Crippen molar-refractivity contribution in [3.63, 3.8) is 0 Å². The lowest BCUT2D eigenvalue weighted by Crippen LogP contribution is -2.58. The average Bonchev–Trinajstić information content (AvgIpc) is 2.81. The van der Waals surface area contributed by atoms with E-state index in [0.29, 0.717) is 32.7 Å². The molecule has 0 unspecified atom stereocenters. The molecule has 174 valence electrons. The van der Waals surface area contributed by atoms with Crippen LogP contribution in [0.3, 0.4) is 0 Å². The smallest absolute Gasteiger partial charge is 0.118 e. The summed E-state index contributed by atoms with van der Waals surface area (Å²) in [4.78, 5) is 0. The standard InChI is InChI=1S/C27H36O5/c1-4-9-25-27(2,28)26(31-20-22-13-15-23(29-3)16-14-22)18-24(32-25)12-8-17-30-19-21-10-6-5-7-11-21/h4-7,10-11,13-16,24-26,28H,1,8-9,12,17-20H2,2-3H3/t24-,25+,26+,27+/m0/s1. The highest BCUT2D eigenvalue weighted by atomic mass is 16.5. The molecule has 3 rings (SSSR count). The molecular weight excluding hydrogens is 404 g/mol. The predicted octanol–water partition coefficient (Wildman–Crippen LogP) is 5.06. The highest BCUT2D eigenvalue weighted by molar-refractivity contribution is 5.26. The Labute approximate surface area is 192 Å². The molecule has 1 N–H and O–H groups in total. The Morgan fingerprint density at radius 1 is 1.09 bits per heavy atom. The first-order valence-electron chi connectivity index (χ1n) is 11.4. The third-order valence-corrected chi connectivity index (χ3v) is 6.05. The highest BCUT2D eigenvalue weighted by Crippen LogP contribution is 2.35. The number of ether oxygens (including phenoxy) is 4. The van der Waals surface area contributed by atoms with Gasteiger partial charge in [-0.2, -0.15) is 0 Å². The van der Waals surface area contributed by atoms with Crippen molar-refractivity contribution in [2.24, 2.45) is 0 Å². The minimum absolute atomic E-state index is 0.0152. The first-order chi connectivity index (χ1) is 15.5. The summed E-state index contributed by atoms with van der Waals surface area (Å²) in [5.74, 6) is 0.812. The largest absolute Gasteiger partial charge is 0.497 e. The number of rotatable bonds is 12. The van der Waals surface area contributed by atoms with Gasteiger partial charge < -0.3 is 24.1 Å². The van der Waals surface area contributed by atoms with Crippen molar-refractivity contribution in [3.05, 3.63) is 78.4 Å². The van der Waals surface area contributed by atoms with Crippen LogP contribution in [-0.2, 0) is 27.4 Å². The van der Waals surface area contributed by atoms with Crippen LogP contribution in [0.25, 0.3) is 0 Å². The van der Waals surface area contributed by atoms with E-state index in [9.17, 15) is 5.11 Å². The van der Waals surface area contributed by atoms with Gasteiger partial charge in [-0.05, 0) is 49.4 Å². The van der Waals surface area contributed by atoms with Crippen molar-refractivity contribution in [3.8, 4) is 5.75 Å². The molecule has 1 aliphatic rings. The highest BCUT2D eigenvalue weighted by Gasteiger charge is 2.46. The lowest BCUT2D eigenvalue weighted by molar-refractivity contribution is -0.235. The van der Waals surface area contributed by atoms with Crippen molar-refractivity contribution >= 4 is 0 Å². The zero-order chi connectivity index (χ0) is 22.8. The third kappa shape index (κ3) is 6.91. The van der Waals surface area contributed by atoms with Gasteiger partial charge in [0.1, 0.15) is 11.4 Å². The van der Waals surface area contributed by atoms with E-state index in [4.69, 9.17) is 18.9 Å². The molecule has 4 atom stereocenters. The number of methoxy groups -OCH3 is 1. The molecule has 2 aromatic rings. The monoisotopic (exact) mass is 440 g/mol. The number of benzene rings is 2. The van der Waals surface area contributed by atoms with E-state index in [1.165, 1.54) is 5.56 Å². The fourth-order valence-corrected chi connectivity index (χ4v) is 4.07. The van der Waals surface area contributed by atoms with Gasteiger partial charge in [0.25, 0.3) is 0 Å². The summed E-state index contributed by atoms with van der Waals surface area (Å²) in [6, 6.07) is 18.0. The third-order valence-electron chi connectivity index (χ3n) is 6.05. The molecule has 1 fully saturated rings. The molecule has 0 spiro atoms. The maximum absolute atomic E-state index is 11.2. The molecule has 0 aromatic heterocycles. The van der Waals surface area contributed by atoms with Gasteiger partial charge in [0.05, 0.1) is 38.6 Å². The predicted molar refractivity (Wildman–Crippen MR) is 126 cm³/mol. The molecule has 0 amide bonds. The lowest BCUT2D eigenvalue weighted by atomic mass is 9.83. The van der Waals surface area contributed by atoms with Crippen LogP contribution in [-0.4, -0.2) is 42.7 Å². The maximum atomic E-state index is 11.2. The van der Waals surface area contributed by atoms with Gasteiger partial charge in [-0.25, -0.2) is 0 Å². The van der Waals surface area contributed by atoms with Crippen LogP contribution in [0.1, 0.15) is 43.7 Å². The molecule has 5 heteroatoms. The van der Waals surface area contributed by atoms with Gasteiger partial charge in [0.15, 0.2) is 0 Å². The van der Waals surface area contributed by atoms with Crippen LogP contribution in [0.5, 0.6) is 5.75 Å². The van der Waals surface area contributed by atoms with Crippen LogP contribution in [0.4, 0.5) is 0 Å². The van der Waals surface area contributed by atoms with Crippen LogP contribution in [0, 0.1) is 0 Å². The van der Waals surface area contributed by atoms with Gasteiger partial charge in [-0.1, -0.05) is 48.5 Å². The maximum Gasteiger partial charge on any atom is 0.118 e. The zero-order valence-corrected chi connectivity index (χ0v) is 19.2.